The van der Waals surface area contributed by atoms with E-state index < -0.39 is 0 Å². The molecular weight excluding hydrogens is 701 g/mol. The molecule has 288 valence electrons. The highest BCUT2D eigenvalue weighted by molar-refractivity contribution is 5.93. The summed E-state index contributed by atoms with van der Waals surface area (Å²) in [6.07, 6.45) is 19.0. The van der Waals surface area contributed by atoms with E-state index in [1.165, 1.54) is 25.7 Å². The van der Waals surface area contributed by atoms with Crippen LogP contribution < -0.4 is 14.2 Å². The summed E-state index contributed by atoms with van der Waals surface area (Å²) in [5, 5.41) is 20.5. The van der Waals surface area contributed by atoms with Gasteiger partial charge in [0.2, 0.25) is 0 Å². The first-order valence-corrected chi connectivity index (χ1v) is 20.0. The van der Waals surface area contributed by atoms with Crippen LogP contribution in [-0.2, 0) is 0 Å². The Bertz CT molecular complexity index is 2210. The van der Waals surface area contributed by atoms with Gasteiger partial charge in [-0.05, 0) is 102 Å². The van der Waals surface area contributed by atoms with Crippen molar-refractivity contribution in [2.75, 3.05) is 19.8 Å². The molecule has 0 unspecified atom stereocenters. The summed E-state index contributed by atoms with van der Waals surface area (Å²) in [5.41, 5.74) is 8.65. The van der Waals surface area contributed by atoms with E-state index in [0.717, 1.165) is 68.8 Å². The first-order chi connectivity index (χ1) is 28.0. The summed E-state index contributed by atoms with van der Waals surface area (Å²) in [7, 11) is 0. The zero-order valence-corrected chi connectivity index (χ0v) is 33.4. The highest BCUT2D eigenvalue weighted by Crippen LogP contribution is 2.29. The summed E-state index contributed by atoms with van der Waals surface area (Å²) in [5.74, 6) is 2.40. The molecule has 0 atom stereocenters. The molecule has 0 fully saturated rings. The van der Waals surface area contributed by atoms with Crippen molar-refractivity contribution in [3.05, 3.63) is 160 Å². The summed E-state index contributed by atoms with van der Waals surface area (Å²) >= 11 is 0. The van der Waals surface area contributed by atoms with Gasteiger partial charge in [-0.1, -0.05) is 148 Å². The maximum Gasteiger partial charge on any atom is 0.127 e. The molecule has 0 aliphatic rings. The van der Waals surface area contributed by atoms with Crippen LogP contribution >= 0.6 is 0 Å². The predicted octanol–water partition coefficient (Wildman–Crippen LogP) is 13.7. The number of benzene rings is 5. The zero-order chi connectivity index (χ0) is 40.1. The van der Waals surface area contributed by atoms with Gasteiger partial charge in [-0.25, -0.2) is 0 Å². The minimum absolute atomic E-state index is 0.541. The van der Waals surface area contributed by atoms with E-state index >= 15 is 0 Å². The van der Waals surface area contributed by atoms with Crippen LogP contribution in [0.2, 0.25) is 0 Å². The molecule has 0 aliphatic heterocycles. The topological polar surface area (TPSA) is 75.3 Å². The lowest BCUT2D eigenvalue weighted by Crippen LogP contribution is -2.00. The van der Waals surface area contributed by atoms with Gasteiger partial charge in [0.05, 0.1) is 43.1 Å². The van der Waals surface area contributed by atoms with Crippen molar-refractivity contribution in [3.8, 4) is 29.4 Å². The number of hydrogen-bond acceptors (Lipinski definition) is 5. The fourth-order valence-corrected chi connectivity index (χ4v) is 6.25. The fraction of sp³-hybridized carbons (Fsp3) is 0.231. The number of nitrogens with zero attached hydrogens (tertiary/aromatic N) is 2. The van der Waals surface area contributed by atoms with Crippen molar-refractivity contribution < 1.29 is 14.2 Å². The molecule has 0 saturated heterocycles. The van der Waals surface area contributed by atoms with Crippen LogP contribution in [0.4, 0.5) is 0 Å². The minimum Gasteiger partial charge on any atom is -0.494 e. The lowest BCUT2D eigenvalue weighted by molar-refractivity contribution is 0.304. The third-order valence-electron chi connectivity index (χ3n) is 9.41. The third-order valence-corrected chi connectivity index (χ3v) is 9.41. The maximum atomic E-state index is 10.3. The number of unbranched alkanes of at least 4 members (excludes halogenated alkanes) is 5. The molecule has 57 heavy (non-hydrogen) atoms. The predicted molar refractivity (Wildman–Crippen MR) is 238 cm³/mol. The van der Waals surface area contributed by atoms with Gasteiger partial charge in [0.1, 0.15) is 17.2 Å². The summed E-state index contributed by atoms with van der Waals surface area (Å²) in [6, 6.07) is 42.7. The standard InChI is InChI=1S/C52H52N2O3/c1-4-7-8-9-10-11-34-57-52-36-44(35-48(38-53)45-25-16-40(17-26-45)12-14-42-21-30-50(31-22-42)55-5-2)20-29-47(52)37-49(39-54)46-27-18-41(19-28-46)13-15-43-23-32-51(33-24-43)56-6-3/h12-33,35-37H,4-11,34H2,1-3H3. The average molecular weight is 753 g/mol. The highest BCUT2D eigenvalue weighted by Gasteiger charge is 2.09. The van der Waals surface area contributed by atoms with Crippen molar-refractivity contribution in [1.29, 1.82) is 10.5 Å². The number of allylic oxidation sites excluding steroid dienone is 2. The van der Waals surface area contributed by atoms with Crippen molar-refractivity contribution in [2.24, 2.45) is 0 Å². The van der Waals surface area contributed by atoms with Crippen LogP contribution in [-0.4, -0.2) is 19.8 Å². The molecule has 0 amide bonds. The Balaban J connectivity index is 1.33. The number of nitriles is 2. The van der Waals surface area contributed by atoms with Gasteiger partial charge in [0.15, 0.2) is 0 Å². The van der Waals surface area contributed by atoms with E-state index in [2.05, 4.69) is 43.4 Å². The van der Waals surface area contributed by atoms with Crippen molar-refractivity contribution >= 4 is 47.6 Å². The number of hydrogen-bond donors (Lipinski definition) is 0. The van der Waals surface area contributed by atoms with Gasteiger partial charge in [0, 0.05) is 5.56 Å². The fourth-order valence-electron chi connectivity index (χ4n) is 6.25. The van der Waals surface area contributed by atoms with Crippen molar-refractivity contribution in [3.63, 3.8) is 0 Å². The van der Waals surface area contributed by atoms with E-state index in [1.807, 2.05) is 141 Å². The van der Waals surface area contributed by atoms with Crippen LogP contribution in [0.25, 0.3) is 47.6 Å². The Hall–Kier alpha value is -6.56. The molecule has 0 N–H and O–H groups in total. The van der Waals surface area contributed by atoms with E-state index in [-0.39, 0.29) is 0 Å². The van der Waals surface area contributed by atoms with Crippen LogP contribution in [0.1, 0.15) is 104 Å². The van der Waals surface area contributed by atoms with Gasteiger partial charge >= 0.3 is 0 Å². The average Bonchev–Trinajstić information content (AvgIpc) is 3.25. The van der Waals surface area contributed by atoms with Crippen LogP contribution in [0.5, 0.6) is 17.2 Å². The van der Waals surface area contributed by atoms with Gasteiger partial charge in [-0.15, -0.1) is 0 Å². The quantitative estimate of drug-likeness (QED) is 0.0449. The molecule has 5 aromatic carbocycles. The third kappa shape index (κ3) is 13.3. The summed E-state index contributed by atoms with van der Waals surface area (Å²) < 4.78 is 17.5. The SMILES string of the molecule is CCCCCCCCOc1cc(C=C(C#N)c2ccc(C=Cc3ccc(OCC)cc3)cc2)ccc1C=C(C#N)c1ccc(C=Cc2ccc(OCC)cc2)cc1. The van der Waals surface area contributed by atoms with Gasteiger partial charge in [0.25, 0.3) is 0 Å². The Morgan fingerprint density at radius 3 is 1.35 bits per heavy atom. The Morgan fingerprint density at radius 1 is 0.474 bits per heavy atom. The van der Waals surface area contributed by atoms with Gasteiger partial charge < -0.3 is 14.2 Å². The Morgan fingerprint density at radius 2 is 0.895 bits per heavy atom. The highest BCUT2D eigenvalue weighted by atomic mass is 16.5. The van der Waals surface area contributed by atoms with Gasteiger partial charge in [-0.3, -0.25) is 0 Å². The van der Waals surface area contributed by atoms with Crippen LogP contribution in [0.3, 0.4) is 0 Å². The second kappa shape index (κ2) is 22.7. The van der Waals surface area contributed by atoms with E-state index in [0.29, 0.717) is 36.7 Å². The molecule has 5 aromatic rings. The first kappa shape index (κ1) is 41.6. The molecular formula is C52H52N2O3. The molecule has 0 aromatic heterocycles. The zero-order valence-electron chi connectivity index (χ0n) is 33.4. The second-order valence-corrected chi connectivity index (χ2v) is 13.7. The van der Waals surface area contributed by atoms with Gasteiger partial charge in [-0.2, -0.15) is 10.5 Å². The molecule has 5 heteroatoms. The lowest BCUT2D eigenvalue weighted by atomic mass is 9.99. The molecule has 0 bridgehead atoms. The Labute approximate surface area is 339 Å². The minimum atomic E-state index is 0.541. The van der Waals surface area contributed by atoms with Crippen molar-refractivity contribution in [2.45, 2.75) is 59.3 Å². The van der Waals surface area contributed by atoms with Crippen LogP contribution in [0.15, 0.2) is 115 Å². The van der Waals surface area contributed by atoms with Crippen molar-refractivity contribution in [1.82, 2.24) is 0 Å². The monoisotopic (exact) mass is 752 g/mol. The molecule has 0 aliphatic carbocycles. The summed E-state index contributed by atoms with van der Waals surface area (Å²) in [6.45, 7) is 8.03. The smallest absolute Gasteiger partial charge is 0.127 e. The molecule has 0 heterocycles. The molecule has 0 radical (unpaired) electrons. The first-order valence-electron chi connectivity index (χ1n) is 20.0. The molecule has 0 spiro atoms. The lowest BCUT2D eigenvalue weighted by Gasteiger charge is -2.12. The largest absolute Gasteiger partial charge is 0.494 e. The number of rotatable bonds is 20. The summed E-state index contributed by atoms with van der Waals surface area (Å²) in [4.78, 5) is 0. The van der Waals surface area contributed by atoms with E-state index in [1.54, 1.807) is 0 Å². The normalized spacial score (nSPS) is 11.7. The maximum absolute atomic E-state index is 10.3. The van der Waals surface area contributed by atoms with Crippen LogP contribution in [0, 0.1) is 22.7 Å². The van der Waals surface area contributed by atoms with E-state index in [4.69, 9.17) is 14.2 Å². The molecule has 0 saturated carbocycles. The molecule has 5 rings (SSSR count). The Kier molecular flexibility index (Phi) is 16.6. The number of ether oxygens (including phenoxy) is 3. The molecule has 5 nitrogen and oxygen atoms in total. The second-order valence-electron chi connectivity index (χ2n) is 13.7. The van der Waals surface area contributed by atoms with E-state index in [9.17, 15) is 10.5 Å².